The highest BCUT2D eigenvalue weighted by atomic mass is 35.5. The molecule has 98 valence electrons. The summed E-state index contributed by atoms with van der Waals surface area (Å²) in [7, 11) is 1.89. The topological polar surface area (TPSA) is 38.3 Å². The van der Waals surface area contributed by atoms with Crippen molar-refractivity contribution in [2.75, 3.05) is 20.2 Å². The normalized spacial score (nSPS) is 13.2. The van der Waals surface area contributed by atoms with Gasteiger partial charge in [0.1, 0.15) is 11.5 Å². The smallest absolute Gasteiger partial charge is 0.137 e. The molecule has 2 rings (SSSR count). The molecule has 0 atom stereocenters. The zero-order chi connectivity index (χ0) is 13.0. The molecule has 1 N–H and O–H groups in total. The van der Waals surface area contributed by atoms with Gasteiger partial charge in [0.15, 0.2) is 0 Å². The molecule has 0 unspecified atom stereocenters. The molecular weight excluding hydrogens is 250 g/mol. The van der Waals surface area contributed by atoms with Crippen molar-refractivity contribution >= 4 is 17.4 Å². The van der Waals surface area contributed by atoms with E-state index in [0.29, 0.717) is 24.5 Å². The van der Waals surface area contributed by atoms with Crippen molar-refractivity contribution in [3.63, 3.8) is 0 Å². The van der Waals surface area contributed by atoms with Crippen LogP contribution in [0.1, 0.15) is 24.0 Å². The van der Waals surface area contributed by atoms with Gasteiger partial charge in [-0.2, -0.15) is 0 Å². The van der Waals surface area contributed by atoms with Crippen molar-refractivity contribution in [2.24, 2.45) is 0 Å². The van der Waals surface area contributed by atoms with Crippen LogP contribution in [0, 0.1) is 0 Å². The van der Waals surface area contributed by atoms with Gasteiger partial charge >= 0.3 is 0 Å². The molecule has 0 fully saturated rings. The summed E-state index contributed by atoms with van der Waals surface area (Å²) in [6, 6.07) is 3.78. The Morgan fingerprint density at radius 2 is 2.33 bits per heavy atom. The van der Waals surface area contributed by atoms with Gasteiger partial charge < -0.3 is 10.1 Å². The SMILES string of the molecule is CNCCCC(=O)Cc1cc(Cl)cc2c1OCC2. The molecule has 1 heterocycles. The van der Waals surface area contributed by atoms with Gasteiger partial charge in [0.2, 0.25) is 0 Å². The summed E-state index contributed by atoms with van der Waals surface area (Å²) in [6.07, 6.45) is 2.78. The van der Waals surface area contributed by atoms with Crippen LogP contribution in [0.25, 0.3) is 0 Å². The maximum atomic E-state index is 11.9. The molecule has 4 heteroatoms. The molecule has 1 aliphatic rings. The molecule has 0 saturated carbocycles. The number of ketones is 1. The number of hydrogen-bond acceptors (Lipinski definition) is 3. The third-order valence-corrected chi connectivity index (χ3v) is 3.31. The number of ether oxygens (including phenoxy) is 1. The van der Waals surface area contributed by atoms with Crippen molar-refractivity contribution in [1.29, 1.82) is 0 Å². The van der Waals surface area contributed by atoms with Crippen molar-refractivity contribution < 1.29 is 9.53 Å². The fourth-order valence-electron chi connectivity index (χ4n) is 2.24. The largest absolute Gasteiger partial charge is 0.493 e. The lowest BCUT2D eigenvalue weighted by Crippen LogP contribution is -2.11. The number of nitrogens with one attached hydrogen (secondary N) is 1. The highest BCUT2D eigenvalue weighted by molar-refractivity contribution is 6.30. The number of fused-ring (bicyclic) bond motifs is 1. The first-order valence-electron chi connectivity index (χ1n) is 6.31. The summed E-state index contributed by atoms with van der Waals surface area (Å²) in [4.78, 5) is 11.9. The molecule has 18 heavy (non-hydrogen) atoms. The number of benzene rings is 1. The lowest BCUT2D eigenvalue weighted by atomic mass is 10.0. The minimum Gasteiger partial charge on any atom is -0.493 e. The Morgan fingerprint density at radius 1 is 1.50 bits per heavy atom. The average Bonchev–Trinajstić information content (AvgIpc) is 2.77. The summed E-state index contributed by atoms with van der Waals surface area (Å²) >= 11 is 6.06. The maximum absolute atomic E-state index is 11.9. The van der Waals surface area contributed by atoms with Crippen LogP contribution in [0.2, 0.25) is 5.02 Å². The highest BCUT2D eigenvalue weighted by Crippen LogP contribution is 2.33. The Kier molecular flexibility index (Phi) is 4.61. The monoisotopic (exact) mass is 267 g/mol. The van der Waals surface area contributed by atoms with Crippen LogP contribution in [0.3, 0.4) is 0 Å². The van der Waals surface area contributed by atoms with E-state index in [0.717, 1.165) is 36.3 Å². The molecule has 0 amide bonds. The highest BCUT2D eigenvalue weighted by Gasteiger charge is 2.19. The van der Waals surface area contributed by atoms with Gasteiger partial charge in [0.05, 0.1) is 6.61 Å². The number of carbonyl (C=O) groups excluding carboxylic acids is 1. The Hall–Kier alpha value is -1.06. The number of halogens is 1. The molecule has 0 bridgehead atoms. The van der Waals surface area contributed by atoms with Crippen molar-refractivity contribution in [3.05, 3.63) is 28.3 Å². The fraction of sp³-hybridized carbons (Fsp3) is 0.500. The first kappa shape index (κ1) is 13.4. The summed E-state index contributed by atoms with van der Waals surface area (Å²) in [6.45, 7) is 1.56. The Labute approximate surface area is 112 Å². The first-order chi connectivity index (χ1) is 8.70. The second kappa shape index (κ2) is 6.21. The predicted molar refractivity (Wildman–Crippen MR) is 72.5 cm³/mol. The van der Waals surface area contributed by atoms with E-state index in [4.69, 9.17) is 16.3 Å². The van der Waals surface area contributed by atoms with Crippen molar-refractivity contribution in [3.8, 4) is 5.75 Å². The van der Waals surface area contributed by atoms with E-state index >= 15 is 0 Å². The maximum Gasteiger partial charge on any atom is 0.137 e. The van der Waals surface area contributed by atoms with Crippen LogP contribution in [0.5, 0.6) is 5.75 Å². The zero-order valence-corrected chi connectivity index (χ0v) is 11.3. The standard InChI is InChI=1S/C14H18ClNO2/c1-16-5-2-3-13(17)9-11-8-12(15)7-10-4-6-18-14(10)11/h7-8,16H,2-6,9H2,1H3. The summed E-state index contributed by atoms with van der Waals surface area (Å²) in [5.41, 5.74) is 2.06. The van der Waals surface area contributed by atoms with Gasteiger partial charge in [-0.15, -0.1) is 0 Å². The van der Waals surface area contributed by atoms with Crippen molar-refractivity contribution in [2.45, 2.75) is 25.7 Å². The summed E-state index contributed by atoms with van der Waals surface area (Å²) in [5.74, 6) is 1.12. The molecule has 3 nitrogen and oxygen atoms in total. The van der Waals surface area contributed by atoms with Gasteiger partial charge in [-0.25, -0.2) is 0 Å². The number of Topliss-reactive ketones (excluding diaryl/α,β-unsaturated/α-hetero) is 1. The molecule has 0 radical (unpaired) electrons. The zero-order valence-electron chi connectivity index (χ0n) is 10.6. The molecule has 1 aromatic carbocycles. The number of rotatable bonds is 6. The van der Waals surface area contributed by atoms with E-state index in [-0.39, 0.29) is 5.78 Å². The summed E-state index contributed by atoms with van der Waals surface area (Å²) in [5, 5.41) is 3.73. The lowest BCUT2D eigenvalue weighted by Gasteiger charge is -2.08. The number of hydrogen-bond donors (Lipinski definition) is 1. The van der Waals surface area contributed by atoms with E-state index < -0.39 is 0 Å². The number of carbonyl (C=O) groups is 1. The molecule has 0 saturated heterocycles. The Balaban J connectivity index is 2.03. The third-order valence-electron chi connectivity index (χ3n) is 3.10. The molecule has 0 spiro atoms. The van der Waals surface area contributed by atoms with E-state index in [2.05, 4.69) is 5.32 Å². The fourth-order valence-corrected chi connectivity index (χ4v) is 2.50. The summed E-state index contributed by atoms with van der Waals surface area (Å²) < 4.78 is 5.59. The molecule has 1 aliphatic heterocycles. The second-order valence-electron chi connectivity index (χ2n) is 4.57. The minimum absolute atomic E-state index is 0.241. The minimum atomic E-state index is 0.241. The van der Waals surface area contributed by atoms with Gasteiger partial charge in [-0.05, 0) is 37.7 Å². The molecule has 0 aromatic heterocycles. The quantitative estimate of drug-likeness (QED) is 0.805. The van der Waals surface area contributed by atoms with E-state index in [1.54, 1.807) is 0 Å². The van der Waals surface area contributed by atoms with Gasteiger partial charge in [-0.1, -0.05) is 11.6 Å². The molecular formula is C14H18ClNO2. The van der Waals surface area contributed by atoms with Crippen LogP contribution >= 0.6 is 11.6 Å². The molecule has 0 aliphatic carbocycles. The van der Waals surface area contributed by atoms with E-state index in [1.807, 2.05) is 19.2 Å². The predicted octanol–water partition coefficient (Wildman–Crippen LogP) is 2.39. The average molecular weight is 268 g/mol. The lowest BCUT2D eigenvalue weighted by molar-refractivity contribution is -0.118. The van der Waals surface area contributed by atoms with Crippen LogP contribution < -0.4 is 10.1 Å². The Morgan fingerprint density at radius 3 is 3.11 bits per heavy atom. The second-order valence-corrected chi connectivity index (χ2v) is 5.01. The van der Waals surface area contributed by atoms with E-state index in [1.165, 1.54) is 0 Å². The van der Waals surface area contributed by atoms with Crippen LogP contribution in [0.4, 0.5) is 0 Å². The van der Waals surface area contributed by atoms with Crippen LogP contribution in [-0.4, -0.2) is 26.0 Å². The van der Waals surface area contributed by atoms with Gasteiger partial charge in [-0.3, -0.25) is 4.79 Å². The third kappa shape index (κ3) is 3.24. The van der Waals surface area contributed by atoms with Gasteiger partial charge in [0, 0.05) is 29.8 Å². The molecule has 1 aromatic rings. The first-order valence-corrected chi connectivity index (χ1v) is 6.69. The van der Waals surface area contributed by atoms with Crippen LogP contribution in [0.15, 0.2) is 12.1 Å². The van der Waals surface area contributed by atoms with Crippen molar-refractivity contribution in [1.82, 2.24) is 5.32 Å². The van der Waals surface area contributed by atoms with Gasteiger partial charge in [0.25, 0.3) is 0 Å². The van der Waals surface area contributed by atoms with Crippen LogP contribution in [-0.2, 0) is 17.6 Å². The Bertz CT molecular complexity index is 446. The van der Waals surface area contributed by atoms with E-state index in [9.17, 15) is 4.79 Å².